The Hall–Kier alpha value is 1.10. The zero-order valence-electron chi connectivity index (χ0n) is 17.2. The SMILES string of the molecule is CC(C)CP(C)(=O)[O][Al]([O]P(C)(=O)CC(C)C)[O]P(C)(=O)CC(C)C. The second-order valence-corrected chi connectivity index (χ2v) is 18.7. The second-order valence-electron chi connectivity index (χ2n) is 8.38. The molecule has 3 atom stereocenters. The quantitative estimate of drug-likeness (QED) is 0.290. The minimum absolute atomic E-state index is 0.179. The van der Waals surface area contributed by atoms with E-state index in [0.717, 1.165) is 0 Å². The van der Waals surface area contributed by atoms with Crippen molar-refractivity contribution >= 4 is 37.3 Å². The fraction of sp³-hybridized carbons (Fsp3) is 1.00. The Morgan fingerprint density at radius 2 is 0.800 bits per heavy atom. The average molecular weight is 432 g/mol. The molecule has 0 N–H and O–H groups in total. The van der Waals surface area contributed by atoms with Crippen molar-refractivity contribution in [2.45, 2.75) is 41.5 Å². The van der Waals surface area contributed by atoms with E-state index < -0.39 is 37.3 Å². The van der Waals surface area contributed by atoms with Gasteiger partial charge in [0.05, 0.1) is 0 Å². The molecule has 10 heteroatoms. The van der Waals surface area contributed by atoms with E-state index in [4.69, 9.17) is 10.7 Å². The van der Waals surface area contributed by atoms with Gasteiger partial charge < -0.3 is 10.7 Å². The normalized spacial score (nSPS) is 19.7. The summed E-state index contributed by atoms with van der Waals surface area (Å²) in [4.78, 5) is 0. The molecule has 0 spiro atoms. The van der Waals surface area contributed by atoms with Crippen LogP contribution in [0.3, 0.4) is 0 Å². The van der Waals surface area contributed by atoms with Crippen LogP contribution in [0.15, 0.2) is 0 Å². The van der Waals surface area contributed by atoms with Crippen LogP contribution in [0.25, 0.3) is 0 Å². The zero-order valence-corrected chi connectivity index (χ0v) is 21.1. The predicted octanol–water partition coefficient (Wildman–Crippen LogP) is 5.71. The fourth-order valence-corrected chi connectivity index (χ4v) is 13.6. The van der Waals surface area contributed by atoms with Gasteiger partial charge in [-0.25, -0.2) is 0 Å². The Bertz CT molecular complexity index is 473. The third kappa shape index (κ3) is 13.8. The van der Waals surface area contributed by atoms with E-state index in [2.05, 4.69) is 0 Å². The summed E-state index contributed by atoms with van der Waals surface area (Å²) in [5.74, 6) is 0.538. The predicted molar refractivity (Wildman–Crippen MR) is 109 cm³/mol. The molecule has 25 heavy (non-hydrogen) atoms. The molecule has 0 fully saturated rings. The smallest absolute Gasteiger partial charge is 0.405 e. The highest BCUT2D eigenvalue weighted by molar-refractivity contribution is 7.62. The molecule has 0 aliphatic heterocycles. The first-order valence-electron chi connectivity index (χ1n) is 8.78. The van der Waals surface area contributed by atoms with Gasteiger partial charge in [0.2, 0.25) is 0 Å². The number of hydrogen-bond donors (Lipinski definition) is 0. The highest BCUT2D eigenvalue weighted by Gasteiger charge is 2.46. The molecule has 0 amide bonds. The standard InChI is InChI=1S/3C5H13O2P.Al/c3*1-5(2)4-8(3,6)7;/h3*5H,4H2,1-3H3,(H,6,7);/q;;;+3/p-3. The third-order valence-corrected chi connectivity index (χ3v) is 14.6. The van der Waals surface area contributed by atoms with Crippen molar-refractivity contribution in [3.8, 4) is 0 Å². The van der Waals surface area contributed by atoms with Gasteiger partial charge in [-0.15, -0.1) is 0 Å². The minimum atomic E-state index is -3.07. The Morgan fingerprint density at radius 3 is 0.960 bits per heavy atom. The van der Waals surface area contributed by atoms with E-state index in [1.807, 2.05) is 41.5 Å². The molecule has 0 aromatic carbocycles. The van der Waals surface area contributed by atoms with Crippen LogP contribution >= 0.6 is 22.1 Å². The van der Waals surface area contributed by atoms with Crippen LogP contribution in [0, 0.1) is 17.8 Å². The summed E-state index contributed by atoms with van der Waals surface area (Å²) in [6, 6.07) is 0. The molecule has 6 nitrogen and oxygen atoms in total. The van der Waals surface area contributed by atoms with Gasteiger partial charge in [0.1, 0.15) is 0 Å². The molecule has 0 saturated heterocycles. The van der Waals surface area contributed by atoms with Crippen LogP contribution in [0.5, 0.6) is 0 Å². The number of hydrogen-bond acceptors (Lipinski definition) is 6. The second kappa shape index (κ2) is 10.6. The lowest BCUT2D eigenvalue weighted by molar-refractivity contribution is 0.306. The Balaban J connectivity index is 5.34. The van der Waals surface area contributed by atoms with Crippen molar-refractivity contribution in [1.82, 2.24) is 0 Å². The van der Waals surface area contributed by atoms with Crippen LogP contribution in [-0.4, -0.2) is 53.6 Å². The van der Waals surface area contributed by atoms with Crippen molar-refractivity contribution in [3.63, 3.8) is 0 Å². The van der Waals surface area contributed by atoms with Crippen molar-refractivity contribution < 1.29 is 24.4 Å². The van der Waals surface area contributed by atoms with E-state index >= 15 is 0 Å². The molecule has 0 aromatic heterocycles. The topological polar surface area (TPSA) is 78.9 Å². The van der Waals surface area contributed by atoms with Crippen LogP contribution in [-0.2, 0) is 24.4 Å². The van der Waals surface area contributed by atoms with Crippen molar-refractivity contribution in [2.75, 3.05) is 38.5 Å². The first-order valence-corrected chi connectivity index (χ1v) is 17.0. The summed E-state index contributed by atoms with van der Waals surface area (Å²) >= 11 is -3.07. The molecule has 0 radical (unpaired) electrons. The molecule has 0 heterocycles. The van der Waals surface area contributed by atoms with Gasteiger partial charge in [-0.1, -0.05) is 41.5 Å². The fourth-order valence-electron chi connectivity index (χ4n) is 2.72. The van der Waals surface area contributed by atoms with Crippen LogP contribution in [0.1, 0.15) is 41.5 Å². The Morgan fingerprint density at radius 1 is 0.600 bits per heavy atom. The highest BCUT2D eigenvalue weighted by atomic mass is 31.2. The molecule has 0 saturated carbocycles. The summed E-state index contributed by atoms with van der Waals surface area (Å²) < 4.78 is 55.2. The van der Waals surface area contributed by atoms with Crippen LogP contribution < -0.4 is 0 Å². The van der Waals surface area contributed by atoms with Gasteiger partial charge in [-0.05, 0) is 17.8 Å². The Kier molecular flexibility index (Phi) is 11.1. The number of rotatable bonds is 12. The summed E-state index contributed by atoms with van der Waals surface area (Å²) in [6.45, 7) is 16.3. The van der Waals surface area contributed by atoms with Gasteiger partial charge in [-0.3, -0.25) is 13.7 Å². The first kappa shape index (κ1) is 26.1. The van der Waals surface area contributed by atoms with Crippen LogP contribution in [0.4, 0.5) is 0 Å². The maximum Gasteiger partial charge on any atom is 0.921 e. The highest BCUT2D eigenvalue weighted by Crippen LogP contribution is 2.54. The van der Waals surface area contributed by atoms with Crippen molar-refractivity contribution in [2.24, 2.45) is 17.8 Å². The van der Waals surface area contributed by atoms with E-state index in [1.165, 1.54) is 20.0 Å². The molecular weight excluding hydrogens is 396 g/mol. The minimum Gasteiger partial charge on any atom is -0.405 e. The largest absolute Gasteiger partial charge is 0.921 e. The van der Waals surface area contributed by atoms with Gasteiger partial charge in [0.15, 0.2) is 22.1 Å². The lowest BCUT2D eigenvalue weighted by atomic mass is 10.3. The molecule has 0 aliphatic carbocycles. The van der Waals surface area contributed by atoms with Gasteiger partial charge in [-0.2, -0.15) is 0 Å². The molecule has 0 aromatic rings. The Labute approximate surface area is 159 Å². The van der Waals surface area contributed by atoms with Gasteiger partial charge >= 0.3 is 15.1 Å². The summed E-state index contributed by atoms with van der Waals surface area (Å²) in [6.07, 6.45) is 1.12. The average Bonchev–Trinajstić information content (AvgIpc) is 2.18. The van der Waals surface area contributed by atoms with E-state index in [1.54, 1.807) is 0 Å². The van der Waals surface area contributed by atoms with E-state index in [9.17, 15) is 13.7 Å². The van der Waals surface area contributed by atoms with E-state index in [0.29, 0.717) is 18.5 Å². The first-order chi connectivity index (χ1) is 11.0. The molecule has 3 unspecified atom stereocenters. The molecule has 0 bridgehead atoms. The summed E-state index contributed by atoms with van der Waals surface area (Å²) in [5.41, 5.74) is 0. The molecule has 0 aliphatic rings. The summed E-state index contributed by atoms with van der Waals surface area (Å²) in [5, 5.41) is 0. The third-order valence-electron chi connectivity index (χ3n) is 3.02. The molecule has 150 valence electrons. The monoisotopic (exact) mass is 432 g/mol. The lowest BCUT2D eigenvalue weighted by Crippen LogP contribution is -2.26. The van der Waals surface area contributed by atoms with Gasteiger partial charge in [0, 0.05) is 38.5 Å². The maximum absolute atomic E-state index is 12.7. The van der Waals surface area contributed by atoms with E-state index in [-0.39, 0.29) is 17.8 Å². The maximum atomic E-state index is 12.7. The van der Waals surface area contributed by atoms with Gasteiger partial charge in [0.25, 0.3) is 0 Å². The molecular formula is C15H36AlO6P3. The molecule has 0 rings (SSSR count). The summed E-state index contributed by atoms with van der Waals surface area (Å²) in [7, 11) is -8.93. The van der Waals surface area contributed by atoms with Crippen molar-refractivity contribution in [3.05, 3.63) is 0 Å². The zero-order chi connectivity index (χ0) is 20.1. The van der Waals surface area contributed by atoms with Crippen molar-refractivity contribution in [1.29, 1.82) is 0 Å². The van der Waals surface area contributed by atoms with Crippen LogP contribution in [0.2, 0.25) is 0 Å². The lowest BCUT2D eigenvalue weighted by Gasteiger charge is -2.26.